The van der Waals surface area contributed by atoms with Gasteiger partial charge in [-0.1, -0.05) is 0 Å². The fourth-order valence-corrected chi connectivity index (χ4v) is 2.34. The van der Waals surface area contributed by atoms with Crippen molar-refractivity contribution in [2.24, 2.45) is 0 Å². The number of carbonyl (C=O) groups is 1. The van der Waals surface area contributed by atoms with E-state index in [4.69, 9.17) is 4.74 Å². The number of likely N-dealkylation sites (tertiary alicyclic amines) is 1. The van der Waals surface area contributed by atoms with Crippen LogP contribution in [0.5, 0.6) is 5.75 Å². The van der Waals surface area contributed by atoms with E-state index >= 15 is 0 Å². The van der Waals surface area contributed by atoms with E-state index in [0.717, 1.165) is 38.2 Å². The highest BCUT2D eigenvalue weighted by Gasteiger charge is 2.20. The molecule has 0 spiro atoms. The van der Waals surface area contributed by atoms with Crippen molar-refractivity contribution >= 4 is 5.91 Å². The maximum Gasteiger partial charge on any atom is 0.260 e. The van der Waals surface area contributed by atoms with Gasteiger partial charge in [0.15, 0.2) is 6.61 Å². The van der Waals surface area contributed by atoms with Crippen molar-refractivity contribution in [1.29, 1.82) is 0 Å². The molecular formula is C15H21N3O2. The van der Waals surface area contributed by atoms with E-state index in [2.05, 4.69) is 10.3 Å². The molecule has 1 amide bonds. The van der Waals surface area contributed by atoms with E-state index < -0.39 is 0 Å². The lowest BCUT2D eigenvalue weighted by Gasteiger charge is -2.15. The molecule has 0 atom stereocenters. The van der Waals surface area contributed by atoms with E-state index in [1.54, 1.807) is 6.20 Å². The Morgan fingerprint density at radius 2 is 2.15 bits per heavy atom. The van der Waals surface area contributed by atoms with Gasteiger partial charge >= 0.3 is 0 Å². The van der Waals surface area contributed by atoms with Crippen LogP contribution in [0.2, 0.25) is 0 Å². The molecule has 3 rings (SSSR count). The zero-order valence-corrected chi connectivity index (χ0v) is 11.7. The van der Waals surface area contributed by atoms with E-state index in [1.807, 2.05) is 17.0 Å². The number of carbonyl (C=O) groups excluding carboxylic acids is 1. The average Bonchev–Trinajstić information content (AvgIpc) is 3.15. The first-order valence-corrected chi connectivity index (χ1v) is 7.40. The lowest BCUT2D eigenvalue weighted by atomic mass is 10.3. The van der Waals surface area contributed by atoms with Crippen LogP contribution in [0.1, 0.15) is 31.4 Å². The van der Waals surface area contributed by atoms with Gasteiger partial charge in [0.2, 0.25) is 0 Å². The maximum absolute atomic E-state index is 11.8. The summed E-state index contributed by atoms with van der Waals surface area (Å²) < 4.78 is 5.50. The monoisotopic (exact) mass is 275 g/mol. The highest BCUT2D eigenvalue weighted by Crippen LogP contribution is 2.19. The summed E-state index contributed by atoms with van der Waals surface area (Å²) in [5.41, 5.74) is 1.01. The van der Waals surface area contributed by atoms with E-state index in [-0.39, 0.29) is 12.5 Å². The molecular weight excluding hydrogens is 254 g/mol. The van der Waals surface area contributed by atoms with Gasteiger partial charge in [-0.2, -0.15) is 0 Å². The highest BCUT2D eigenvalue weighted by atomic mass is 16.5. The van der Waals surface area contributed by atoms with Crippen LogP contribution >= 0.6 is 0 Å². The summed E-state index contributed by atoms with van der Waals surface area (Å²) in [5.74, 6) is 0.731. The first-order chi connectivity index (χ1) is 9.81. The third-order valence-corrected chi connectivity index (χ3v) is 3.77. The molecule has 1 saturated heterocycles. The Bertz CT molecular complexity index is 451. The van der Waals surface area contributed by atoms with Crippen molar-refractivity contribution in [3.8, 4) is 5.75 Å². The molecule has 20 heavy (non-hydrogen) atoms. The zero-order valence-electron chi connectivity index (χ0n) is 11.7. The summed E-state index contributed by atoms with van der Waals surface area (Å²) in [6.45, 7) is 2.65. The number of pyridine rings is 1. The van der Waals surface area contributed by atoms with Crippen LogP contribution in [0.15, 0.2) is 18.3 Å². The molecule has 5 heteroatoms. The molecule has 1 aliphatic carbocycles. The number of nitrogens with one attached hydrogen (secondary N) is 1. The van der Waals surface area contributed by atoms with Crippen LogP contribution in [0.4, 0.5) is 0 Å². The Balaban J connectivity index is 1.43. The Kier molecular flexibility index (Phi) is 4.16. The minimum atomic E-state index is 0.0713. The predicted octanol–water partition coefficient (Wildman–Crippen LogP) is 1.33. The number of hydrogen-bond donors (Lipinski definition) is 1. The number of nitrogens with zero attached hydrogens (tertiary/aromatic N) is 2. The molecule has 2 heterocycles. The first kappa shape index (κ1) is 13.4. The smallest absolute Gasteiger partial charge is 0.260 e. The third-order valence-electron chi connectivity index (χ3n) is 3.77. The Morgan fingerprint density at radius 1 is 1.35 bits per heavy atom. The van der Waals surface area contributed by atoms with E-state index in [1.165, 1.54) is 12.8 Å². The minimum Gasteiger partial charge on any atom is -0.482 e. The first-order valence-electron chi connectivity index (χ1n) is 7.40. The van der Waals surface area contributed by atoms with Gasteiger partial charge in [0.25, 0.3) is 5.91 Å². The summed E-state index contributed by atoms with van der Waals surface area (Å²) in [5, 5.41) is 3.42. The molecule has 0 radical (unpaired) electrons. The average molecular weight is 275 g/mol. The van der Waals surface area contributed by atoms with Gasteiger partial charge in [0.1, 0.15) is 5.75 Å². The van der Waals surface area contributed by atoms with Crippen molar-refractivity contribution in [3.63, 3.8) is 0 Å². The van der Waals surface area contributed by atoms with Gasteiger partial charge in [-0.25, -0.2) is 0 Å². The molecule has 1 N–H and O–H groups in total. The molecule has 1 aromatic rings. The second-order valence-electron chi connectivity index (χ2n) is 5.52. The normalized spacial score (nSPS) is 18.3. The summed E-state index contributed by atoms with van der Waals surface area (Å²) >= 11 is 0. The van der Waals surface area contributed by atoms with Crippen molar-refractivity contribution in [3.05, 3.63) is 24.0 Å². The minimum absolute atomic E-state index is 0.0713. The van der Waals surface area contributed by atoms with Gasteiger partial charge in [-0.3, -0.25) is 9.78 Å². The van der Waals surface area contributed by atoms with Gasteiger partial charge < -0.3 is 15.0 Å². The van der Waals surface area contributed by atoms with Crippen LogP contribution in [0.25, 0.3) is 0 Å². The lowest BCUT2D eigenvalue weighted by molar-refractivity contribution is -0.132. The van der Waals surface area contributed by atoms with Crippen LogP contribution in [0.3, 0.4) is 0 Å². The van der Waals surface area contributed by atoms with Crippen LogP contribution in [-0.2, 0) is 11.3 Å². The summed E-state index contributed by atoms with van der Waals surface area (Å²) in [4.78, 5) is 18.0. The standard InChI is InChI=1S/C15H21N3O2/c19-15(18-7-1-2-8-18)11-20-14-6-5-13(17-10-14)9-16-12-3-4-12/h5-6,10,12,16H,1-4,7-9,11H2. The van der Waals surface area contributed by atoms with Crippen LogP contribution in [0, 0.1) is 0 Å². The van der Waals surface area contributed by atoms with E-state index in [9.17, 15) is 4.79 Å². The van der Waals surface area contributed by atoms with Gasteiger partial charge in [0.05, 0.1) is 11.9 Å². The lowest BCUT2D eigenvalue weighted by Crippen LogP contribution is -2.32. The molecule has 2 aliphatic rings. The predicted molar refractivity (Wildman–Crippen MR) is 75.4 cm³/mol. The molecule has 5 nitrogen and oxygen atoms in total. The quantitative estimate of drug-likeness (QED) is 0.851. The van der Waals surface area contributed by atoms with Gasteiger partial charge in [-0.15, -0.1) is 0 Å². The topological polar surface area (TPSA) is 54.5 Å². The van der Waals surface area contributed by atoms with Crippen molar-refractivity contribution in [1.82, 2.24) is 15.2 Å². The summed E-state index contributed by atoms with van der Waals surface area (Å²) in [6.07, 6.45) is 6.47. The molecule has 0 aromatic carbocycles. The SMILES string of the molecule is O=C(COc1ccc(CNC2CC2)nc1)N1CCCC1. The summed E-state index contributed by atoms with van der Waals surface area (Å²) in [6, 6.07) is 4.52. The number of amides is 1. The van der Waals surface area contributed by atoms with Crippen molar-refractivity contribution < 1.29 is 9.53 Å². The third kappa shape index (κ3) is 3.70. The van der Waals surface area contributed by atoms with Gasteiger partial charge in [0, 0.05) is 25.7 Å². The fraction of sp³-hybridized carbons (Fsp3) is 0.600. The number of ether oxygens (including phenoxy) is 1. The molecule has 1 aliphatic heterocycles. The number of hydrogen-bond acceptors (Lipinski definition) is 4. The highest BCUT2D eigenvalue weighted by molar-refractivity contribution is 5.77. The van der Waals surface area contributed by atoms with Crippen molar-refractivity contribution in [2.75, 3.05) is 19.7 Å². The molecule has 0 unspecified atom stereocenters. The Morgan fingerprint density at radius 3 is 2.80 bits per heavy atom. The molecule has 1 saturated carbocycles. The Labute approximate surface area is 119 Å². The number of rotatable bonds is 6. The summed E-state index contributed by atoms with van der Waals surface area (Å²) in [7, 11) is 0. The zero-order chi connectivity index (χ0) is 13.8. The van der Waals surface area contributed by atoms with Crippen LogP contribution in [-0.4, -0.2) is 41.5 Å². The van der Waals surface area contributed by atoms with Gasteiger partial charge in [-0.05, 0) is 37.8 Å². The molecule has 108 valence electrons. The molecule has 2 fully saturated rings. The second-order valence-corrected chi connectivity index (χ2v) is 5.52. The largest absolute Gasteiger partial charge is 0.482 e. The van der Waals surface area contributed by atoms with Crippen LogP contribution < -0.4 is 10.1 Å². The van der Waals surface area contributed by atoms with E-state index in [0.29, 0.717) is 11.8 Å². The second kappa shape index (κ2) is 6.22. The number of aromatic nitrogens is 1. The molecule has 0 bridgehead atoms. The van der Waals surface area contributed by atoms with Crippen molar-refractivity contribution in [2.45, 2.75) is 38.3 Å². The Hall–Kier alpha value is -1.62. The molecule has 1 aromatic heterocycles. The maximum atomic E-state index is 11.8. The fourth-order valence-electron chi connectivity index (χ4n) is 2.34.